The van der Waals surface area contributed by atoms with Crippen molar-refractivity contribution in [2.75, 3.05) is 0 Å². The maximum absolute atomic E-state index is 13.6. The molecule has 0 N–H and O–H groups in total. The van der Waals surface area contributed by atoms with Crippen LogP contribution in [0.2, 0.25) is 0 Å². The van der Waals surface area contributed by atoms with Gasteiger partial charge in [-0.05, 0) is 49.8 Å². The Kier molecular flexibility index (Phi) is 5.27. The zero-order valence-electron chi connectivity index (χ0n) is 12.3. The number of hydrogen-bond donors (Lipinski definition) is 0. The fraction of sp³-hybridized carbons (Fsp3) is 0.588. The summed E-state index contributed by atoms with van der Waals surface area (Å²) in [6.45, 7) is 4.10. The van der Waals surface area contributed by atoms with Gasteiger partial charge in [0.15, 0.2) is 11.6 Å². The molecule has 1 aliphatic carbocycles. The smallest absolute Gasteiger partial charge is 0.164 e. The molecule has 3 heteroatoms. The predicted octanol–water partition coefficient (Wildman–Crippen LogP) is 5.06. The largest absolute Gasteiger partial charge is 0.293 e. The molecule has 0 bridgehead atoms. The molecule has 1 aromatic carbocycles. The molecule has 0 aromatic heterocycles. The topological polar surface area (TPSA) is 12.4 Å². The Morgan fingerprint density at radius 1 is 1.15 bits per heavy atom. The summed E-state index contributed by atoms with van der Waals surface area (Å²) < 4.78 is 27.0. The average molecular weight is 279 g/mol. The summed E-state index contributed by atoms with van der Waals surface area (Å²) in [6.07, 6.45) is 7.98. The second-order valence-corrected chi connectivity index (χ2v) is 6.05. The van der Waals surface area contributed by atoms with Gasteiger partial charge >= 0.3 is 0 Å². The highest BCUT2D eigenvalue weighted by atomic mass is 19.2. The molecule has 1 nitrogen and oxygen atoms in total. The van der Waals surface area contributed by atoms with Gasteiger partial charge in [0, 0.05) is 5.56 Å². The summed E-state index contributed by atoms with van der Waals surface area (Å²) in [7, 11) is 0. The van der Waals surface area contributed by atoms with Crippen LogP contribution in [0, 0.1) is 30.4 Å². The second kappa shape index (κ2) is 6.96. The van der Waals surface area contributed by atoms with Gasteiger partial charge in [-0.2, -0.15) is 0 Å². The first kappa shape index (κ1) is 15.1. The molecule has 110 valence electrons. The van der Waals surface area contributed by atoms with E-state index < -0.39 is 11.6 Å². The summed E-state index contributed by atoms with van der Waals surface area (Å²) in [5.74, 6) is 0.0648. The Morgan fingerprint density at radius 2 is 1.85 bits per heavy atom. The van der Waals surface area contributed by atoms with E-state index >= 15 is 0 Å². The first-order chi connectivity index (χ1) is 9.58. The zero-order valence-corrected chi connectivity index (χ0v) is 12.3. The fourth-order valence-corrected chi connectivity index (χ4v) is 2.76. The first-order valence-corrected chi connectivity index (χ1v) is 7.49. The molecule has 0 saturated heterocycles. The number of hydrogen-bond acceptors (Lipinski definition) is 1. The SMILES string of the molecule is Cc1ccc(CN=CCC2CCC(C)CC2)c(F)c1F. The van der Waals surface area contributed by atoms with Crippen LogP contribution < -0.4 is 0 Å². The molecule has 0 spiro atoms. The summed E-state index contributed by atoms with van der Waals surface area (Å²) in [6, 6.07) is 3.22. The highest BCUT2D eigenvalue weighted by molar-refractivity contribution is 5.57. The molecule has 0 atom stereocenters. The first-order valence-electron chi connectivity index (χ1n) is 7.49. The van der Waals surface area contributed by atoms with Crippen molar-refractivity contribution in [2.24, 2.45) is 16.8 Å². The lowest BCUT2D eigenvalue weighted by Crippen LogP contribution is -2.12. The second-order valence-electron chi connectivity index (χ2n) is 6.05. The van der Waals surface area contributed by atoms with Crippen LogP contribution in [-0.2, 0) is 6.54 Å². The number of aryl methyl sites for hydroxylation is 1. The molecular weight excluding hydrogens is 256 g/mol. The molecule has 0 radical (unpaired) electrons. The number of aliphatic imine (C=N–C) groups is 1. The zero-order chi connectivity index (χ0) is 14.5. The number of rotatable bonds is 4. The average Bonchev–Trinajstić information content (AvgIpc) is 2.45. The normalized spacial score (nSPS) is 23.4. The highest BCUT2D eigenvalue weighted by Crippen LogP contribution is 2.29. The van der Waals surface area contributed by atoms with Crippen LogP contribution in [-0.4, -0.2) is 6.21 Å². The van der Waals surface area contributed by atoms with Crippen LogP contribution in [0.3, 0.4) is 0 Å². The van der Waals surface area contributed by atoms with Gasteiger partial charge in [0.25, 0.3) is 0 Å². The Morgan fingerprint density at radius 3 is 2.55 bits per heavy atom. The van der Waals surface area contributed by atoms with E-state index in [-0.39, 0.29) is 6.54 Å². The summed E-state index contributed by atoms with van der Waals surface area (Å²) in [5, 5.41) is 0. The Balaban J connectivity index is 1.83. The van der Waals surface area contributed by atoms with Crippen molar-refractivity contribution < 1.29 is 8.78 Å². The fourth-order valence-electron chi connectivity index (χ4n) is 2.76. The van der Waals surface area contributed by atoms with Gasteiger partial charge in [-0.1, -0.05) is 31.9 Å². The molecule has 1 fully saturated rings. The third-order valence-corrected chi connectivity index (χ3v) is 4.32. The summed E-state index contributed by atoms with van der Waals surface area (Å²) in [4.78, 5) is 4.25. The van der Waals surface area contributed by atoms with Crippen molar-refractivity contribution in [1.82, 2.24) is 0 Å². The van der Waals surface area contributed by atoms with Crippen molar-refractivity contribution in [3.8, 4) is 0 Å². The quantitative estimate of drug-likeness (QED) is 0.683. The van der Waals surface area contributed by atoms with Crippen LogP contribution in [0.15, 0.2) is 17.1 Å². The molecule has 0 heterocycles. The lowest BCUT2D eigenvalue weighted by molar-refractivity contribution is 0.297. The van der Waals surface area contributed by atoms with Crippen molar-refractivity contribution in [2.45, 2.75) is 52.5 Å². The summed E-state index contributed by atoms with van der Waals surface area (Å²) >= 11 is 0. The minimum absolute atomic E-state index is 0.228. The number of nitrogens with zero attached hydrogens (tertiary/aromatic N) is 1. The van der Waals surface area contributed by atoms with Gasteiger partial charge in [-0.15, -0.1) is 0 Å². The van der Waals surface area contributed by atoms with Crippen LogP contribution in [0.5, 0.6) is 0 Å². The van der Waals surface area contributed by atoms with E-state index in [1.807, 2.05) is 6.21 Å². The van der Waals surface area contributed by atoms with Crippen LogP contribution in [0.4, 0.5) is 8.78 Å². The minimum Gasteiger partial charge on any atom is -0.293 e. The highest BCUT2D eigenvalue weighted by Gasteiger charge is 2.17. The standard InChI is InChI=1S/C17H23F2N/c1-12-3-6-14(7-4-12)9-10-20-11-15-8-5-13(2)16(18)17(15)19/h5,8,10,12,14H,3-4,6-7,9,11H2,1-2H3. The van der Waals surface area contributed by atoms with Crippen molar-refractivity contribution in [3.05, 3.63) is 34.9 Å². The Hall–Kier alpha value is -1.25. The van der Waals surface area contributed by atoms with Gasteiger partial charge < -0.3 is 0 Å². The van der Waals surface area contributed by atoms with Gasteiger partial charge in [-0.3, -0.25) is 4.99 Å². The van der Waals surface area contributed by atoms with Gasteiger partial charge in [0.1, 0.15) is 0 Å². The van der Waals surface area contributed by atoms with E-state index in [0.717, 1.165) is 18.3 Å². The molecule has 1 aliphatic rings. The van der Waals surface area contributed by atoms with Gasteiger partial charge in [0.2, 0.25) is 0 Å². The molecule has 1 saturated carbocycles. The van der Waals surface area contributed by atoms with Crippen LogP contribution in [0.25, 0.3) is 0 Å². The maximum atomic E-state index is 13.6. The van der Waals surface area contributed by atoms with Gasteiger partial charge in [0.05, 0.1) is 6.54 Å². The third-order valence-electron chi connectivity index (χ3n) is 4.32. The molecule has 0 unspecified atom stereocenters. The lowest BCUT2D eigenvalue weighted by atomic mass is 9.82. The lowest BCUT2D eigenvalue weighted by Gasteiger charge is -2.24. The van der Waals surface area contributed by atoms with Crippen molar-refractivity contribution in [1.29, 1.82) is 0 Å². The van der Waals surface area contributed by atoms with E-state index in [4.69, 9.17) is 0 Å². The molecule has 2 rings (SSSR count). The number of halogens is 2. The molecule has 20 heavy (non-hydrogen) atoms. The molecule has 0 amide bonds. The van der Waals surface area contributed by atoms with Crippen LogP contribution in [0.1, 0.15) is 50.2 Å². The van der Waals surface area contributed by atoms with E-state index in [0.29, 0.717) is 11.1 Å². The predicted molar refractivity (Wildman–Crippen MR) is 79.0 cm³/mol. The number of benzene rings is 1. The monoisotopic (exact) mass is 279 g/mol. The van der Waals surface area contributed by atoms with E-state index in [9.17, 15) is 8.78 Å². The third kappa shape index (κ3) is 3.87. The van der Waals surface area contributed by atoms with E-state index in [1.54, 1.807) is 19.1 Å². The molecule has 0 aliphatic heterocycles. The summed E-state index contributed by atoms with van der Waals surface area (Å²) in [5.41, 5.74) is 0.674. The van der Waals surface area contributed by atoms with E-state index in [1.165, 1.54) is 25.7 Å². The van der Waals surface area contributed by atoms with E-state index in [2.05, 4.69) is 11.9 Å². The maximum Gasteiger partial charge on any atom is 0.164 e. The molecule has 1 aromatic rings. The Labute approximate surface area is 120 Å². The van der Waals surface area contributed by atoms with Crippen LogP contribution >= 0.6 is 0 Å². The van der Waals surface area contributed by atoms with Crippen molar-refractivity contribution >= 4 is 6.21 Å². The van der Waals surface area contributed by atoms with Crippen molar-refractivity contribution in [3.63, 3.8) is 0 Å². The van der Waals surface area contributed by atoms with Gasteiger partial charge in [-0.25, -0.2) is 8.78 Å². The Bertz CT molecular complexity index is 474. The molecular formula is C17H23F2N. The minimum atomic E-state index is -0.756.